The number of fused-ring (bicyclic) bond motifs is 1. The van der Waals surface area contributed by atoms with Crippen LogP contribution in [-0.2, 0) is 16.1 Å². The molecule has 0 spiro atoms. The number of amides is 1. The van der Waals surface area contributed by atoms with Crippen molar-refractivity contribution in [2.75, 3.05) is 19.8 Å². The topological polar surface area (TPSA) is 45.7 Å². The summed E-state index contributed by atoms with van der Waals surface area (Å²) < 4.78 is 5.57. The number of aromatic nitrogens is 1. The van der Waals surface area contributed by atoms with Gasteiger partial charge in [-0.3, -0.25) is 14.7 Å². The zero-order chi connectivity index (χ0) is 15.8. The van der Waals surface area contributed by atoms with E-state index < -0.39 is 0 Å². The zero-order valence-electron chi connectivity index (χ0n) is 13.8. The lowest BCUT2D eigenvalue weighted by Gasteiger charge is -2.41. The number of nitrogens with zero attached hydrogens (tertiary/aromatic N) is 3. The number of rotatable bonds is 3. The molecule has 1 amide bonds. The summed E-state index contributed by atoms with van der Waals surface area (Å²) in [6.45, 7) is 5.48. The van der Waals surface area contributed by atoms with Crippen LogP contribution in [0.3, 0.4) is 0 Å². The highest BCUT2D eigenvalue weighted by Crippen LogP contribution is 2.35. The minimum atomic E-state index is 0.291. The van der Waals surface area contributed by atoms with Gasteiger partial charge in [-0.1, -0.05) is 6.07 Å². The van der Waals surface area contributed by atoms with E-state index in [4.69, 9.17) is 4.74 Å². The molecule has 0 N–H and O–H groups in total. The van der Waals surface area contributed by atoms with Crippen LogP contribution in [0.4, 0.5) is 0 Å². The Morgan fingerprint density at radius 3 is 2.96 bits per heavy atom. The summed E-state index contributed by atoms with van der Waals surface area (Å²) >= 11 is 0. The molecular formula is C18H25N3O2. The average molecular weight is 315 g/mol. The lowest BCUT2D eigenvalue weighted by molar-refractivity contribution is -0.138. The smallest absolute Gasteiger partial charge is 0.223 e. The van der Waals surface area contributed by atoms with Crippen molar-refractivity contribution < 1.29 is 9.53 Å². The van der Waals surface area contributed by atoms with Crippen LogP contribution in [0.5, 0.6) is 0 Å². The Bertz CT molecular complexity index is 585. The van der Waals surface area contributed by atoms with Crippen molar-refractivity contribution >= 4 is 5.91 Å². The van der Waals surface area contributed by atoms with Gasteiger partial charge in [0.15, 0.2) is 0 Å². The Hall–Kier alpha value is -1.46. The van der Waals surface area contributed by atoms with E-state index in [9.17, 15) is 4.79 Å². The number of likely N-dealkylation sites (tertiary alicyclic amines) is 2. The summed E-state index contributed by atoms with van der Waals surface area (Å²) in [5.41, 5.74) is 2.02. The highest BCUT2D eigenvalue weighted by Gasteiger charge is 2.45. The second kappa shape index (κ2) is 6.21. The van der Waals surface area contributed by atoms with Gasteiger partial charge in [0.05, 0.1) is 18.8 Å². The molecule has 4 rings (SSSR count). The lowest BCUT2D eigenvalue weighted by Crippen LogP contribution is -2.53. The van der Waals surface area contributed by atoms with E-state index in [0.717, 1.165) is 50.4 Å². The molecule has 4 heterocycles. The summed E-state index contributed by atoms with van der Waals surface area (Å²) in [4.78, 5) is 21.8. The molecule has 3 aliphatic heterocycles. The second-order valence-corrected chi connectivity index (χ2v) is 7.01. The van der Waals surface area contributed by atoms with Gasteiger partial charge in [-0.05, 0) is 38.3 Å². The molecule has 0 aromatic carbocycles. The molecule has 0 aliphatic carbocycles. The molecule has 124 valence electrons. The normalized spacial score (nSPS) is 31.6. The van der Waals surface area contributed by atoms with Crippen LogP contribution in [0.25, 0.3) is 0 Å². The first kappa shape index (κ1) is 15.1. The molecule has 3 saturated heterocycles. The van der Waals surface area contributed by atoms with E-state index in [1.165, 1.54) is 0 Å². The highest BCUT2D eigenvalue weighted by molar-refractivity contribution is 5.77. The first-order valence-electron chi connectivity index (χ1n) is 8.78. The first-order valence-corrected chi connectivity index (χ1v) is 8.78. The summed E-state index contributed by atoms with van der Waals surface area (Å²) in [5, 5.41) is 0. The van der Waals surface area contributed by atoms with E-state index in [1.54, 1.807) is 0 Å². The van der Waals surface area contributed by atoms with Gasteiger partial charge in [0.25, 0.3) is 0 Å². The molecular weight excluding hydrogens is 290 g/mol. The van der Waals surface area contributed by atoms with Crippen LogP contribution in [0.2, 0.25) is 0 Å². The number of hydrogen-bond donors (Lipinski definition) is 0. The average Bonchev–Trinajstić information content (AvgIpc) is 3.19. The summed E-state index contributed by atoms with van der Waals surface area (Å²) in [7, 11) is 0. The van der Waals surface area contributed by atoms with Gasteiger partial charge in [0.2, 0.25) is 5.91 Å². The van der Waals surface area contributed by atoms with Crippen molar-refractivity contribution in [2.45, 2.75) is 57.3 Å². The van der Waals surface area contributed by atoms with E-state index in [2.05, 4.69) is 14.8 Å². The molecule has 3 aliphatic rings. The van der Waals surface area contributed by atoms with Crippen molar-refractivity contribution in [1.29, 1.82) is 0 Å². The largest absolute Gasteiger partial charge is 0.380 e. The Labute approximate surface area is 137 Å². The number of piperidine rings is 1. The predicted octanol–water partition coefficient (Wildman–Crippen LogP) is 1.74. The molecule has 0 bridgehead atoms. The van der Waals surface area contributed by atoms with Gasteiger partial charge in [-0.15, -0.1) is 0 Å². The number of hydrogen-bond acceptors (Lipinski definition) is 4. The molecule has 0 radical (unpaired) electrons. The van der Waals surface area contributed by atoms with Crippen molar-refractivity contribution in [3.05, 3.63) is 29.6 Å². The van der Waals surface area contributed by atoms with Crippen LogP contribution in [-0.4, -0.2) is 58.6 Å². The third-order valence-electron chi connectivity index (χ3n) is 5.58. The fourth-order valence-electron chi connectivity index (χ4n) is 4.49. The molecule has 1 aromatic rings. The maximum Gasteiger partial charge on any atom is 0.223 e. The van der Waals surface area contributed by atoms with Gasteiger partial charge in [-0.2, -0.15) is 0 Å². The van der Waals surface area contributed by atoms with E-state index in [-0.39, 0.29) is 0 Å². The predicted molar refractivity (Wildman–Crippen MR) is 86.9 cm³/mol. The number of carbonyl (C=O) groups excluding carboxylic acids is 1. The van der Waals surface area contributed by atoms with E-state index in [0.29, 0.717) is 37.0 Å². The van der Waals surface area contributed by atoms with Crippen molar-refractivity contribution in [2.24, 2.45) is 0 Å². The molecule has 3 atom stereocenters. The van der Waals surface area contributed by atoms with Crippen LogP contribution < -0.4 is 0 Å². The lowest BCUT2D eigenvalue weighted by atomic mass is 9.95. The Balaban J connectivity index is 1.51. The fourth-order valence-corrected chi connectivity index (χ4v) is 4.49. The summed E-state index contributed by atoms with van der Waals surface area (Å²) in [6, 6.07) is 7.46. The molecule has 0 unspecified atom stereocenters. The molecule has 3 fully saturated rings. The molecule has 5 heteroatoms. The van der Waals surface area contributed by atoms with Gasteiger partial charge in [0.1, 0.15) is 0 Å². The van der Waals surface area contributed by atoms with Crippen LogP contribution >= 0.6 is 0 Å². The Morgan fingerprint density at radius 1 is 1.26 bits per heavy atom. The summed E-state index contributed by atoms with van der Waals surface area (Å²) in [6.07, 6.45) is 3.88. The standard InChI is InChI=1S/C18H25N3O2/c1-13-3-2-4-14(19-13)11-21-17-7-9-20(15-8-10-23-12-15)16(17)5-6-18(21)22/h2-4,15-17H,5-12H2,1H3/t15-,16+,17+/m0/s1. The Morgan fingerprint density at radius 2 is 2.17 bits per heavy atom. The fraction of sp³-hybridized carbons (Fsp3) is 0.667. The van der Waals surface area contributed by atoms with Crippen molar-refractivity contribution in [3.63, 3.8) is 0 Å². The molecule has 5 nitrogen and oxygen atoms in total. The van der Waals surface area contributed by atoms with Crippen LogP contribution in [0.1, 0.15) is 37.1 Å². The second-order valence-electron chi connectivity index (χ2n) is 7.01. The van der Waals surface area contributed by atoms with E-state index >= 15 is 0 Å². The number of aryl methyl sites for hydroxylation is 1. The summed E-state index contributed by atoms with van der Waals surface area (Å²) in [5.74, 6) is 0.291. The minimum Gasteiger partial charge on any atom is -0.380 e. The molecule has 1 aromatic heterocycles. The Kier molecular flexibility index (Phi) is 4.07. The van der Waals surface area contributed by atoms with Crippen molar-refractivity contribution in [3.8, 4) is 0 Å². The maximum atomic E-state index is 12.5. The van der Waals surface area contributed by atoms with Crippen molar-refractivity contribution in [1.82, 2.24) is 14.8 Å². The highest BCUT2D eigenvalue weighted by atomic mass is 16.5. The van der Waals surface area contributed by atoms with E-state index in [1.807, 2.05) is 25.1 Å². The quantitative estimate of drug-likeness (QED) is 0.852. The number of pyridine rings is 1. The molecule has 0 saturated carbocycles. The first-order chi connectivity index (χ1) is 11.2. The van der Waals surface area contributed by atoms with Gasteiger partial charge >= 0.3 is 0 Å². The van der Waals surface area contributed by atoms with Crippen LogP contribution in [0, 0.1) is 6.92 Å². The van der Waals surface area contributed by atoms with Gasteiger partial charge in [0, 0.05) is 43.4 Å². The zero-order valence-corrected chi connectivity index (χ0v) is 13.8. The maximum absolute atomic E-state index is 12.5. The van der Waals surface area contributed by atoms with Crippen LogP contribution in [0.15, 0.2) is 18.2 Å². The molecule has 23 heavy (non-hydrogen) atoms. The number of carbonyl (C=O) groups is 1. The monoisotopic (exact) mass is 315 g/mol. The van der Waals surface area contributed by atoms with Gasteiger partial charge in [-0.25, -0.2) is 0 Å². The minimum absolute atomic E-state index is 0.291. The SMILES string of the molecule is Cc1cccc(CN2C(=O)CC[C@@H]3[C@H]2CCN3[C@H]2CCOC2)n1. The van der Waals surface area contributed by atoms with Gasteiger partial charge < -0.3 is 9.64 Å². The third-order valence-corrected chi connectivity index (χ3v) is 5.58. The third kappa shape index (κ3) is 2.88. The number of ether oxygens (including phenoxy) is 1.